The van der Waals surface area contributed by atoms with Gasteiger partial charge in [0.1, 0.15) is 11.3 Å². The Kier molecular flexibility index (Phi) is 5.58. The fourth-order valence-corrected chi connectivity index (χ4v) is 5.14. The van der Waals surface area contributed by atoms with E-state index in [1.165, 1.54) is 0 Å². The van der Waals surface area contributed by atoms with Gasteiger partial charge >= 0.3 is 0 Å². The maximum atomic E-state index is 10.7. The second-order valence-corrected chi connectivity index (χ2v) is 9.89. The van der Waals surface area contributed by atoms with Gasteiger partial charge in [-0.15, -0.1) is 22.6 Å². The Hall–Kier alpha value is -3.17. The quantitative estimate of drug-likeness (QED) is 0.354. The number of aromatic hydroxyl groups is 2. The molecule has 33 heavy (non-hydrogen) atoms. The van der Waals surface area contributed by atoms with Crippen LogP contribution in [0.5, 0.6) is 11.8 Å². The normalized spacial score (nSPS) is 17.7. The number of piperidine rings is 1. The van der Waals surface area contributed by atoms with Crippen LogP contribution in [-0.2, 0) is 0 Å². The van der Waals surface area contributed by atoms with Gasteiger partial charge in [0.2, 0.25) is 0 Å². The van der Waals surface area contributed by atoms with E-state index in [1.807, 2.05) is 6.07 Å². The Morgan fingerprint density at radius 2 is 1.73 bits per heavy atom. The van der Waals surface area contributed by atoms with Crippen LogP contribution in [0.25, 0.3) is 33.5 Å². The lowest BCUT2D eigenvalue weighted by Gasteiger charge is -2.46. The minimum atomic E-state index is -0.0919. The zero-order chi connectivity index (χ0) is 22.7. The SMILES string of the molecule is CC1(C)CC(n2c(O)nc3cc(-c4ccc(-c5cn[nH]c5)cc4O)nnc32)CC(C)(C)N1.Cl. The number of halogens is 1. The Morgan fingerprint density at radius 3 is 2.36 bits per heavy atom. The molecular weight excluding hydrogens is 442 g/mol. The third-order valence-corrected chi connectivity index (χ3v) is 6.06. The number of aromatic amines is 1. The molecule has 4 heterocycles. The number of nitrogens with zero attached hydrogens (tertiary/aromatic N) is 5. The highest BCUT2D eigenvalue weighted by Crippen LogP contribution is 2.40. The third-order valence-electron chi connectivity index (χ3n) is 6.06. The maximum Gasteiger partial charge on any atom is 0.296 e. The molecule has 5 rings (SSSR count). The molecule has 1 fully saturated rings. The van der Waals surface area contributed by atoms with Gasteiger partial charge in [-0.2, -0.15) is 10.1 Å². The highest BCUT2D eigenvalue weighted by Gasteiger charge is 2.40. The van der Waals surface area contributed by atoms with Gasteiger partial charge in [-0.25, -0.2) is 0 Å². The van der Waals surface area contributed by atoms with Crippen molar-refractivity contribution in [2.24, 2.45) is 0 Å². The molecular formula is C23H28ClN7O2. The first kappa shape index (κ1) is 23.0. The molecule has 0 unspecified atom stereocenters. The van der Waals surface area contributed by atoms with Gasteiger partial charge in [-0.3, -0.25) is 9.67 Å². The first-order valence-electron chi connectivity index (χ1n) is 10.7. The first-order chi connectivity index (χ1) is 15.1. The molecule has 1 saturated heterocycles. The largest absolute Gasteiger partial charge is 0.507 e. The summed E-state index contributed by atoms with van der Waals surface area (Å²) in [5.41, 5.74) is 3.65. The Morgan fingerprint density at radius 1 is 1.00 bits per heavy atom. The van der Waals surface area contributed by atoms with E-state index in [9.17, 15) is 10.2 Å². The zero-order valence-electron chi connectivity index (χ0n) is 19.0. The van der Waals surface area contributed by atoms with Gasteiger partial charge in [0.15, 0.2) is 5.65 Å². The monoisotopic (exact) mass is 469 g/mol. The van der Waals surface area contributed by atoms with E-state index in [0.29, 0.717) is 22.4 Å². The van der Waals surface area contributed by atoms with Crippen LogP contribution in [0.4, 0.5) is 0 Å². The van der Waals surface area contributed by atoms with Crippen molar-refractivity contribution in [3.63, 3.8) is 0 Å². The van der Waals surface area contributed by atoms with E-state index in [1.54, 1.807) is 35.2 Å². The van der Waals surface area contributed by atoms with Crippen LogP contribution >= 0.6 is 12.4 Å². The van der Waals surface area contributed by atoms with Gasteiger partial charge in [0, 0.05) is 34.4 Å². The molecule has 0 saturated carbocycles. The number of rotatable bonds is 3. The molecule has 3 aromatic heterocycles. The summed E-state index contributed by atoms with van der Waals surface area (Å²) in [6.07, 6.45) is 5.11. The van der Waals surface area contributed by atoms with Crippen LogP contribution < -0.4 is 5.32 Å². The number of benzene rings is 1. The molecule has 4 N–H and O–H groups in total. The van der Waals surface area contributed by atoms with E-state index in [-0.39, 0.29) is 41.3 Å². The summed E-state index contributed by atoms with van der Waals surface area (Å²) in [6.45, 7) is 8.65. The second-order valence-electron chi connectivity index (χ2n) is 9.89. The van der Waals surface area contributed by atoms with E-state index in [4.69, 9.17) is 0 Å². The minimum absolute atomic E-state index is 0. The van der Waals surface area contributed by atoms with E-state index < -0.39 is 0 Å². The van der Waals surface area contributed by atoms with Gasteiger partial charge in [0.05, 0.1) is 11.9 Å². The van der Waals surface area contributed by atoms with Gasteiger partial charge < -0.3 is 15.5 Å². The Labute approximate surface area is 197 Å². The summed E-state index contributed by atoms with van der Waals surface area (Å²) in [4.78, 5) is 4.36. The number of nitrogens with one attached hydrogen (secondary N) is 2. The molecule has 0 spiro atoms. The van der Waals surface area contributed by atoms with Crippen molar-refractivity contribution in [3.05, 3.63) is 36.7 Å². The topological polar surface area (TPSA) is 125 Å². The lowest BCUT2D eigenvalue weighted by atomic mass is 9.79. The van der Waals surface area contributed by atoms with E-state index >= 15 is 0 Å². The minimum Gasteiger partial charge on any atom is -0.507 e. The van der Waals surface area contributed by atoms with Crippen LogP contribution in [0.3, 0.4) is 0 Å². The number of aromatic nitrogens is 6. The number of phenolic OH excluding ortho intramolecular Hbond substituents is 1. The number of hydrogen-bond donors (Lipinski definition) is 4. The van der Waals surface area contributed by atoms with Crippen LogP contribution in [0.15, 0.2) is 36.7 Å². The summed E-state index contributed by atoms with van der Waals surface area (Å²) in [5.74, 6) is 0.0860. The summed E-state index contributed by atoms with van der Waals surface area (Å²) >= 11 is 0. The fraction of sp³-hybridized carbons (Fsp3) is 0.391. The van der Waals surface area contributed by atoms with Crippen LogP contribution in [0.2, 0.25) is 0 Å². The van der Waals surface area contributed by atoms with Crippen molar-refractivity contribution >= 4 is 23.6 Å². The van der Waals surface area contributed by atoms with E-state index in [2.05, 4.69) is 58.4 Å². The maximum absolute atomic E-state index is 10.7. The predicted molar refractivity (Wildman–Crippen MR) is 128 cm³/mol. The van der Waals surface area contributed by atoms with E-state index in [0.717, 1.165) is 24.0 Å². The second kappa shape index (κ2) is 8.00. The van der Waals surface area contributed by atoms with Crippen LogP contribution in [0, 0.1) is 0 Å². The molecule has 9 nitrogen and oxygen atoms in total. The van der Waals surface area contributed by atoms with Gasteiger partial charge in [-0.1, -0.05) is 6.07 Å². The molecule has 0 radical (unpaired) electrons. The number of fused-ring (bicyclic) bond motifs is 1. The molecule has 0 amide bonds. The number of imidazole rings is 1. The summed E-state index contributed by atoms with van der Waals surface area (Å²) in [5, 5.41) is 40.4. The Bertz CT molecular complexity index is 1280. The van der Waals surface area contributed by atoms with Crippen molar-refractivity contribution in [3.8, 4) is 34.1 Å². The molecule has 174 valence electrons. The number of phenols is 1. The van der Waals surface area contributed by atoms with Crippen molar-refractivity contribution < 1.29 is 10.2 Å². The van der Waals surface area contributed by atoms with Crippen LogP contribution in [0.1, 0.15) is 46.6 Å². The first-order valence-corrected chi connectivity index (χ1v) is 10.7. The van der Waals surface area contributed by atoms with Crippen molar-refractivity contribution in [2.45, 2.75) is 57.7 Å². The molecule has 1 aliphatic rings. The fourth-order valence-electron chi connectivity index (χ4n) is 5.14. The average Bonchev–Trinajstić information content (AvgIpc) is 3.32. The van der Waals surface area contributed by atoms with Gasteiger partial charge in [-0.05, 0) is 64.3 Å². The number of hydrogen-bond acceptors (Lipinski definition) is 7. The molecule has 1 aliphatic heterocycles. The smallest absolute Gasteiger partial charge is 0.296 e. The lowest BCUT2D eigenvalue weighted by molar-refractivity contribution is 0.129. The highest BCUT2D eigenvalue weighted by molar-refractivity contribution is 5.85. The third kappa shape index (κ3) is 4.26. The predicted octanol–water partition coefficient (Wildman–Crippen LogP) is 4.20. The summed E-state index contributed by atoms with van der Waals surface area (Å²) in [6, 6.07) is 7.08. The molecule has 4 aromatic rings. The molecule has 1 aromatic carbocycles. The lowest BCUT2D eigenvalue weighted by Crippen LogP contribution is -2.57. The standard InChI is InChI=1S/C23H27N7O2.ClH/c1-22(2)9-15(10-23(3,4)29-22)30-20-18(26-21(30)32)8-17(27-28-20)16-6-5-13(7-19(16)31)14-11-24-25-12-14;/h5-8,11-12,15,29,31H,9-10H2,1-4H3,(H,24,25)(H,26,32);1H. The molecule has 0 bridgehead atoms. The summed E-state index contributed by atoms with van der Waals surface area (Å²) in [7, 11) is 0. The Balaban J connectivity index is 0.00000259. The molecule has 0 atom stereocenters. The molecule has 0 aliphatic carbocycles. The van der Waals surface area contributed by atoms with Crippen molar-refractivity contribution in [1.82, 2.24) is 35.3 Å². The van der Waals surface area contributed by atoms with Crippen molar-refractivity contribution in [1.29, 1.82) is 0 Å². The van der Waals surface area contributed by atoms with Gasteiger partial charge in [0.25, 0.3) is 6.01 Å². The zero-order valence-corrected chi connectivity index (χ0v) is 19.8. The van der Waals surface area contributed by atoms with Crippen molar-refractivity contribution in [2.75, 3.05) is 0 Å². The molecule has 10 heteroatoms. The summed E-state index contributed by atoms with van der Waals surface area (Å²) < 4.78 is 1.79. The highest BCUT2D eigenvalue weighted by atomic mass is 35.5. The average molecular weight is 470 g/mol. The number of H-pyrrole nitrogens is 1. The van der Waals surface area contributed by atoms with Crippen LogP contribution in [-0.4, -0.2) is 51.2 Å².